The van der Waals surface area contributed by atoms with Crippen molar-refractivity contribution in [3.63, 3.8) is 0 Å². The zero-order valence-corrected chi connectivity index (χ0v) is 11.9. The van der Waals surface area contributed by atoms with Gasteiger partial charge in [-0.05, 0) is 0 Å². The third kappa shape index (κ3) is 3.71. The van der Waals surface area contributed by atoms with E-state index in [0.717, 1.165) is 0 Å². The topological polar surface area (TPSA) is 0 Å². The van der Waals surface area contributed by atoms with Crippen molar-refractivity contribution in [3.8, 4) is 0 Å². The number of benzene rings is 3. The number of hydrogen-bond acceptors (Lipinski definition) is 0. The Kier molecular flexibility index (Phi) is 6.27. The second-order valence-electron chi connectivity index (χ2n) is 4.67. The summed E-state index contributed by atoms with van der Waals surface area (Å²) in [6.07, 6.45) is 0. The normalized spacial score (nSPS) is 10.1. The van der Waals surface area contributed by atoms with Crippen LogP contribution in [0.1, 0.15) is 0 Å². The summed E-state index contributed by atoms with van der Waals surface area (Å²) < 4.78 is 0. The Morgan fingerprint density at radius 1 is 0.400 bits per heavy atom. The van der Waals surface area contributed by atoms with Gasteiger partial charge in [-0.1, -0.05) is 107 Å². The van der Waals surface area contributed by atoms with Crippen molar-refractivity contribution in [2.45, 2.75) is 0 Å². The van der Waals surface area contributed by atoms with Gasteiger partial charge in [-0.3, -0.25) is 0 Å². The minimum Gasteiger partial charge on any atom is -0.0625 e. The first-order valence-electron chi connectivity index (χ1n) is 6.60. The molecule has 96 valence electrons. The maximum Gasteiger partial charge on any atom is 0.132 e. The van der Waals surface area contributed by atoms with E-state index in [4.69, 9.17) is 0 Å². The van der Waals surface area contributed by atoms with Gasteiger partial charge in [0.15, 0.2) is 0 Å². The van der Waals surface area contributed by atoms with Crippen LogP contribution in [-0.2, 0) is 0 Å². The molecule has 0 aliphatic carbocycles. The molecule has 20 heavy (non-hydrogen) atoms. The van der Waals surface area contributed by atoms with E-state index in [1.807, 2.05) is 0 Å². The first-order valence-corrected chi connectivity index (χ1v) is 8.33. The number of hydrogen-bond donors (Lipinski definition) is 0. The molecule has 0 bridgehead atoms. The molecule has 0 atom stereocenters. The third-order valence-corrected chi connectivity index (χ3v) is 6.55. The fraction of sp³-hybridized carbons (Fsp3) is 0. The molecule has 0 aliphatic heterocycles. The molecule has 0 amide bonds. The van der Waals surface area contributed by atoms with Gasteiger partial charge < -0.3 is 0 Å². The van der Waals surface area contributed by atoms with Gasteiger partial charge in [0, 0.05) is 0 Å². The molecule has 0 aliphatic rings. The minimum atomic E-state index is -1.31. The van der Waals surface area contributed by atoms with Crippen molar-refractivity contribution < 1.29 is 0 Å². The van der Waals surface area contributed by atoms with Gasteiger partial charge in [0.1, 0.15) is 8.80 Å². The molecule has 0 N–H and O–H groups in total. The first kappa shape index (κ1) is 15.7. The van der Waals surface area contributed by atoms with Crippen LogP contribution in [0.3, 0.4) is 0 Å². The monoisotopic (exact) mass is 350 g/mol. The van der Waals surface area contributed by atoms with Crippen molar-refractivity contribution in [1.29, 1.82) is 0 Å². The van der Waals surface area contributed by atoms with Crippen LogP contribution in [0, 0.1) is 0 Å². The summed E-state index contributed by atoms with van der Waals surface area (Å²) in [5.41, 5.74) is 0. The Hall–Kier alpha value is -0.643. The van der Waals surface area contributed by atoms with E-state index in [1.54, 1.807) is 0 Å². The van der Waals surface area contributed by atoms with Crippen LogP contribution in [0.2, 0.25) is 0 Å². The smallest absolute Gasteiger partial charge is 0.0625 e. The van der Waals surface area contributed by atoms with Crippen LogP contribution in [0.5, 0.6) is 0 Å². The van der Waals surface area contributed by atoms with Crippen molar-refractivity contribution in [1.82, 2.24) is 0 Å². The molecule has 0 fully saturated rings. The van der Waals surface area contributed by atoms with Gasteiger partial charge in [0.05, 0.1) is 0 Å². The Bertz CT molecular complexity index is 529. The summed E-state index contributed by atoms with van der Waals surface area (Å²) in [7, 11) is -1.31. The molecule has 0 unspecified atom stereocenters. The summed E-state index contributed by atoms with van der Waals surface area (Å²) >= 11 is 0. The molecule has 0 radical (unpaired) electrons. The average Bonchev–Trinajstić information content (AvgIpc) is 2.51. The summed E-state index contributed by atoms with van der Waals surface area (Å²) in [6, 6.07) is 32.7. The predicted octanol–water partition coefficient (Wildman–Crippen LogP) is 1.02. The van der Waals surface area contributed by atoms with E-state index in [1.165, 1.54) is 15.6 Å². The van der Waals surface area contributed by atoms with Crippen LogP contribution in [0.15, 0.2) is 91.0 Å². The Balaban J connectivity index is 0.00000147. The second-order valence-corrected chi connectivity index (χ2v) is 7.53. The summed E-state index contributed by atoms with van der Waals surface area (Å²) in [5, 5.41) is 4.42. The van der Waals surface area contributed by atoms with Crippen LogP contribution < -0.4 is 15.6 Å². The maximum atomic E-state index is 2.26. The van der Waals surface area contributed by atoms with Crippen molar-refractivity contribution in [2.24, 2.45) is 0 Å². The molecular weight excluding hydrogens is 332 g/mol. The average molecular weight is 350 g/mol. The second kappa shape index (κ2) is 7.96. The molecule has 0 saturated heterocycles. The zero-order valence-electron chi connectivity index (χ0n) is 10.7. The molecule has 0 aromatic heterocycles. The van der Waals surface area contributed by atoms with E-state index < -0.39 is 8.80 Å². The SMILES string of the molecule is [SrH2].c1ccc([SiH](c2ccccc2)c2ccccc2)cc1. The van der Waals surface area contributed by atoms with Crippen LogP contribution in [-0.4, -0.2) is 54.3 Å². The van der Waals surface area contributed by atoms with E-state index in [-0.39, 0.29) is 45.5 Å². The van der Waals surface area contributed by atoms with Crippen molar-refractivity contribution in [2.75, 3.05) is 0 Å². The Morgan fingerprint density at radius 2 is 0.650 bits per heavy atom. The molecule has 0 heterocycles. The molecular formula is C18H18SiSr. The first-order chi connectivity index (χ1) is 9.45. The summed E-state index contributed by atoms with van der Waals surface area (Å²) in [5.74, 6) is 0. The van der Waals surface area contributed by atoms with Crippen LogP contribution >= 0.6 is 0 Å². The summed E-state index contributed by atoms with van der Waals surface area (Å²) in [6.45, 7) is 0. The molecule has 3 rings (SSSR count). The van der Waals surface area contributed by atoms with Gasteiger partial charge in [-0.2, -0.15) is 0 Å². The maximum absolute atomic E-state index is 2.26. The van der Waals surface area contributed by atoms with Crippen molar-refractivity contribution >= 4 is 69.8 Å². The quantitative estimate of drug-likeness (QED) is 0.489. The fourth-order valence-electron chi connectivity index (χ4n) is 2.51. The van der Waals surface area contributed by atoms with E-state index in [9.17, 15) is 0 Å². The molecule has 3 aromatic rings. The summed E-state index contributed by atoms with van der Waals surface area (Å²) in [4.78, 5) is 0. The molecule has 0 nitrogen and oxygen atoms in total. The molecule has 3 aromatic carbocycles. The fourth-order valence-corrected chi connectivity index (χ4v) is 5.49. The van der Waals surface area contributed by atoms with Crippen LogP contribution in [0.4, 0.5) is 0 Å². The van der Waals surface area contributed by atoms with Crippen molar-refractivity contribution in [3.05, 3.63) is 91.0 Å². The van der Waals surface area contributed by atoms with E-state index >= 15 is 0 Å². The Labute approximate surface area is 159 Å². The standard InChI is InChI=1S/C18H16Si.Sr.2H/c1-4-10-16(11-5-1)19(17-12-6-2-7-13-17)18-14-8-3-9-15-18;;;/h1-15,19H;;;. The van der Waals surface area contributed by atoms with E-state index in [0.29, 0.717) is 0 Å². The largest absolute Gasteiger partial charge is 0.132 e. The van der Waals surface area contributed by atoms with E-state index in [2.05, 4.69) is 91.0 Å². The molecule has 0 saturated carbocycles. The van der Waals surface area contributed by atoms with Gasteiger partial charge in [-0.15, -0.1) is 0 Å². The van der Waals surface area contributed by atoms with Gasteiger partial charge in [0.25, 0.3) is 0 Å². The predicted molar refractivity (Wildman–Crippen MR) is 93.9 cm³/mol. The van der Waals surface area contributed by atoms with Gasteiger partial charge >= 0.3 is 45.5 Å². The zero-order chi connectivity index (χ0) is 12.9. The van der Waals surface area contributed by atoms with Crippen LogP contribution in [0.25, 0.3) is 0 Å². The van der Waals surface area contributed by atoms with Gasteiger partial charge in [-0.25, -0.2) is 0 Å². The van der Waals surface area contributed by atoms with Gasteiger partial charge in [0.2, 0.25) is 0 Å². The Morgan fingerprint density at radius 3 is 0.900 bits per heavy atom. The number of rotatable bonds is 3. The third-order valence-electron chi connectivity index (χ3n) is 3.40. The molecule has 0 spiro atoms. The molecule has 2 heteroatoms. The minimum absolute atomic E-state index is 0.